The number of methoxy groups -OCH3 is 1. The molecule has 0 atom stereocenters. The van der Waals surface area contributed by atoms with Gasteiger partial charge in [-0.15, -0.1) is 0 Å². The number of thioether (sulfide) groups is 1. The van der Waals surface area contributed by atoms with Gasteiger partial charge in [0.05, 0.1) is 24.3 Å². The van der Waals surface area contributed by atoms with Crippen molar-refractivity contribution in [1.29, 1.82) is 0 Å². The number of aryl methyl sites for hydroxylation is 1. The molecule has 0 N–H and O–H groups in total. The van der Waals surface area contributed by atoms with Gasteiger partial charge in [0.15, 0.2) is 16.7 Å². The maximum absolute atomic E-state index is 13.0. The molecule has 1 heterocycles. The summed E-state index contributed by atoms with van der Waals surface area (Å²) in [6.45, 7) is 7.06. The predicted octanol–water partition coefficient (Wildman–Crippen LogP) is 5.28. The number of rotatable bonds is 7. The van der Waals surface area contributed by atoms with Crippen molar-refractivity contribution in [3.63, 3.8) is 0 Å². The summed E-state index contributed by atoms with van der Waals surface area (Å²) in [5.41, 5.74) is 2.88. The van der Waals surface area contributed by atoms with Gasteiger partial charge in [0, 0.05) is 12.1 Å². The van der Waals surface area contributed by atoms with E-state index < -0.39 is 0 Å². The van der Waals surface area contributed by atoms with Crippen LogP contribution in [-0.2, 0) is 11.2 Å². The van der Waals surface area contributed by atoms with Gasteiger partial charge in [-0.05, 0) is 55.8 Å². The first kappa shape index (κ1) is 21.0. The van der Waals surface area contributed by atoms with Crippen LogP contribution >= 0.6 is 11.8 Å². The fraction of sp³-hybridized carbons (Fsp3) is 0.304. The highest BCUT2D eigenvalue weighted by atomic mass is 32.2. The highest BCUT2D eigenvalue weighted by Gasteiger charge is 2.32. The third-order valence-corrected chi connectivity index (χ3v) is 5.60. The van der Waals surface area contributed by atoms with E-state index in [-0.39, 0.29) is 5.91 Å². The van der Waals surface area contributed by atoms with Crippen molar-refractivity contribution in [1.82, 2.24) is 4.90 Å². The highest BCUT2D eigenvalue weighted by molar-refractivity contribution is 8.18. The van der Waals surface area contributed by atoms with Gasteiger partial charge in [-0.2, -0.15) is 0 Å². The summed E-state index contributed by atoms with van der Waals surface area (Å²) in [6, 6.07) is 13.7. The smallest absolute Gasteiger partial charge is 0.266 e. The minimum absolute atomic E-state index is 0.0458. The molecule has 1 aliphatic heterocycles. The molecule has 5 nitrogen and oxygen atoms in total. The molecule has 0 bridgehead atoms. The number of hydrogen-bond acceptors (Lipinski definition) is 5. The molecule has 0 aromatic heterocycles. The standard InChI is InChI=1S/C23H26N2O3S/c1-5-16-11-8-9-13-18(16)24-23-25(6-2)22(26)20(29-23)15-17-12-10-14-19(27-4)21(17)28-7-3/h8-15H,5-7H2,1-4H3/b20-15+,24-23?. The van der Waals surface area contributed by atoms with Crippen molar-refractivity contribution in [3.05, 3.63) is 58.5 Å². The summed E-state index contributed by atoms with van der Waals surface area (Å²) in [6.07, 6.45) is 2.75. The predicted molar refractivity (Wildman–Crippen MR) is 120 cm³/mol. The average molecular weight is 411 g/mol. The topological polar surface area (TPSA) is 51.1 Å². The zero-order valence-corrected chi connectivity index (χ0v) is 18.1. The van der Waals surface area contributed by atoms with Crippen LogP contribution in [0.5, 0.6) is 11.5 Å². The van der Waals surface area contributed by atoms with Crippen LogP contribution in [0.15, 0.2) is 52.4 Å². The molecule has 152 valence electrons. The number of ether oxygens (including phenoxy) is 2. The lowest BCUT2D eigenvalue weighted by atomic mass is 10.1. The maximum Gasteiger partial charge on any atom is 0.266 e. The molecule has 0 aliphatic carbocycles. The SMILES string of the molecule is CCOc1c(/C=C2/SC(=Nc3ccccc3CC)N(CC)C2=O)cccc1OC. The summed E-state index contributed by atoms with van der Waals surface area (Å²) in [5.74, 6) is 1.24. The number of carbonyl (C=O) groups is 1. The minimum atomic E-state index is -0.0458. The fourth-order valence-corrected chi connectivity index (χ4v) is 4.19. The number of amides is 1. The zero-order valence-electron chi connectivity index (χ0n) is 17.3. The number of amidine groups is 1. The molecule has 6 heteroatoms. The Morgan fingerprint density at radius 1 is 1.10 bits per heavy atom. The normalized spacial score (nSPS) is 16.7. The van der Waals surface area contributed by atoms with Crippen LogP contribution in [-0.4, -0.2) is 36.2 Å². The second kappa shape index (κ2) is 9.65. The van der Waals surface area contributed by atoms with Crippen molar-refractivity contribution < 1.29 is 14.3 Å². The first-order valence-electron chi connectivity index (χ1n) is 9.80. The van der Waals surface area contributed by atoms with Gasteiger partial charge < -0.3 is 9.47 Å². The molecular weight excluding hydrogens is 384 g/mol. The van der Waals surface area contributed by atoms with Crippen molar-refractivity contribution in [2.75, 3.05) is 20.3 Å². The van der Waals surface area contributed by atoms with E-state index in [0.29, 0.717) is 34.7 Å². The third kappa shape index (κ3) is 4.48. The second-order valence-corrected chi connectivity index (χ2v) is 7.36. The average Bonchev–Trinajstić information content (AvgIpc) is 3.03. The monoisotopic (exact) mass is 410 g/mol. The van der Waals surface area contributed by atoms with E-state index in [4.69, 9.17) is 14.5 Å². The Morgan fingerprint density at radius 3 is 2.59 bits per heavy atom. The van der Waals surface area contributed by atoms with E-state index >= 15 is 0 Å². The number of benzene rings is 2. The minimum Gasteiger partial charge on any atom is -0.493 e. The Labute approximate surface area is 176 Å². The van der Waals surface area contributed by atoms with Gasteiger partial charge >= 0.3 is 0 Å². The molecule has 1 fully saturated rings. The van der Waals surface area contributed by atoms with Crippen LogP contribution in [0.2, 0.25) is 0 Å². The number of nitrogens with zero attached hydrogens (tertiary/aromatic N) is 2. The van der Waals surface area contributed by atoms with E-state index in [0.717, 1.165) is 23.2 Å². The summed E-state index contributed by atoms with van der Waals surface area (Å²) in [7, 11) is 1.61. The zero-order chi connectivity index (χ0) is 20.8. The van der Waals surface area contributed by atoms with Crippen LogP contribution in [0.3, 0.4) is 0 Å². The van der Waals surface area contributed by atoms with Crippen molar-refractivity contribution >= 4 is 34.6 Å². The summed E-state index contributed by atoms with van der Waals surface area (Å²) in [5, 5.41) is 0.700. The molecule has 0 unspecified atom stereocenters. The van der Waals surface area contributed by atoms with Crippen molar-refractivity contribution in [2.24, 2.45) is 4.99 Å². The van der Waals surface area contributed by atoms with E-state index in [1.807, 2.05) is 56.3 Å². The van der Waals surface area contributed by atoms with Gasteiger partial charge in [0.25, 0.3) is 5.91 Å². The Hall–Kier alpha value is -2.73. The Morgan fingerprint density at radius 2 is 1.90 bits per heavy atom. The largest absolute Gasteiger partial charge is 0.493 e. The van der Waals surface area contributed by atoms with Crippen LogP contribution in [0.1, 0.15) is 31.9 Å². The van der Waals surface area contributed by atoms with Gasteiger partial charge in [-0.3, -0.25) is 9.69 Å². The first-order valence-corrected chi connectivity index (χ1v) is 10.6. The van der Waals surface area contributed by atoms with Gasteiger partial charge in [0.2, 0.25) is 0 Å². The molecule has 1 amide bonds. The summed E-state index contributed by atoms with van der Waals surface area (Å²) >= 11 is 1.39. The van der Waals surface area contributed by atoms with E-state index in [1.165, 1.54) is 11.8 Å². The van der Waals surface area contributed by atoms with Crippen LogP contribution < -0.4 is 9.47 Å². The Bertz CT molecular complexity index is 953. The number of carbonyl (C=O) groups excluding carboxylic acids is 1. The van der Waals surface area contributed by atoms with Crippen LogP contribution in [0.25, 0.3) is 6.08 Å². The quantitative estimate of drug-likeness (QED) is 0.583. The van der Waals surface area contributed by atoms with E-state index in [1.54, 1.807) is 12.0 Å². The molecule has 3 rings (SSSR count). The number of para-hydroxylation sites is 2. The number of aliphatic imine (C=N–C) groups is 1. The molecule has 0 spiro atoms. The van der Waals surface area contributed by atoms with Gasteiger partial charge in [-0.1, -0.05) is 37.3 Å². The lowest BCUT2D eigenvalue weighted by molar-refractivity contribution is -0.122. The molecule has 1 aliphatic rings. The number of likely N-dealkylation sites (N-methyl/N-ethyl adjacent to an activating group) is 1. The molecule has 2 aromatic rings. The van der Waals surface area contributed by atoms with E-state index in [2.05, 4.69) is 13.0 Å². The molecular formula is C23H26N2O3S. The maximum atomic E-state index is 13.0. The molecule has 2 aromatic carbocycles. The fourth-order valence-electron chi connectivity index (χ4n) is 3.14. The third-order valence-electron chi connectivity index (χ3n) is 4.60. The molecule has 0 saturated carbocycles. The molecule has 1 saturated heterocycles. The highest BCUT2D eigenvalue weighted by Crippen LogP contribution is 2.38. The lowest BCUT2D eigenvalue weighted by Gasteiger charge is -2.13. The van der Waals surface area contributed by atoms with Crippen molar-refractivity contribution in [2.45, 2.75) is 27.2 Å². The van der Waals surface area contributed by atoms with E-state index in [9.17, 15) is 4.79 Å². The van der Waals surface area contributed by atoms with Crippen LogP contribution in [0, 0.1) is 0 Å². The Kier molecular flexibility index (Phi) is 6.99. The Balaban J connectivity index is 2.01. The summed E-state index contributed by atoms with van der Waals surface area (Å²) in [4.78, 5) is 20.1. The lowest BCUT2D eigenvalue weighted by Crippen LogP contribution is -2.28. The van der Waals surface area contributed by atoms with Gasteiger partial charge in [-0.25, -0.2) is 4.99 Å². The van der Waals surface area contributed by atoms with Crippen LogP contribution in [0.4, 0.5) is 5.69 Å². The van der Waals surface area contributed by atoms with Crippen molar-refractivity contribution in [3.8, 4) is 11.5 Å². The second-order valence-electron chi connectivity index (χ2n) is 6.35. The molecule has 0 radical (unpaired) electrons. The molecule has 29 heavy (non-hydrogen) atoms. The first-order chi connectivity index (χ1) is 14.1. The number of hydrogen-bond donors (Lipinski definition) is 0. The summed E-state index contributed by atoms with van der Waals surface area (Å²) < 4.78 is 11.2. The van der Waals surface area contributed by atoms with Gasteiger partial charge in [0.1, 0.15) is 0 Å².